The lowest BCUT2D eigenvalue weighted by Crippen LogP contribution is -2.44. The molecule has 3 saturated carbocycles. The molecule has 0 radical (unpaired) electrons. The molecule has 0 heterocycles. The number of rotatable bonds is 10. The zero-order valence-electron chi connectivity index (χ0n) is 18.0. The molecule has 0 spiro atoms. The van der Waals surface area contributed by atoms with Crippen molar-refractivity contribution >= 4 is 5.97 Å². The number of carbonyl (C=O) groups excluding carboxylic acids is 1. The summed E-state index contributed by atoms with van der Waals surface area (Å²) in [5.41, 5.74) is 2.48. The highest BCUT2D eigenvalue weighted by atomic mass is 16.5. The molecule has 154 valence electrons. The normalized spacial score (nSPS) is 26.6. The Labute approximate surface area is 171 Å². The molecule has 0 amide bonds. The highest BCUT2D eigenvalue weighted by Gasteiger charge is 2.48. The minimum Gasteiger partial charge on any atom is -0.427 e. The summed E-state index contributed by atoms with van der Waals surface area (Å²) in [5.74, 6) is 0.537. The first-order chi connectivity index (χ1) is 13.6. The molecule has 3 aliphatic rings. The quantitative estimate of drug-likeness (QED) is 0.181. The summed E-state index contributed by atoms with van der Waals surface area (Å²) in [6.07, 6.45) is 20.4. The summed E-state index contributed by atoms with van der Waals surface area (Å²) >= 11 is 0. The molecule has 0 saturated heterocycles. The van der Waals surface area contributed by atoms with Crippen LogP contribution in [-0.2, 0) is 10.2 Å². The van der Waals surface area contributed by atoms with E-state index in [0.717, 1.165) is 6.42 Å². The predicted molar refractivity (Wildman–Crippen MR) is 117 cm³/mol. The molecule has 0 aromatic heterocycles. The van der Waals surface area contributed by atoms with Crippen LogP contribution in [0.15, 0.2) is 36.4 Å². The van der Waals surface area contributed by atoms with Gasteiger partial charge in [-0.05, 0) is 86.8 Å². The van der Waals surface area contributed by atoms with Crippen LogP contribution in [0.25, 0.3) is 0 Å². The van der Waals surface area contributed by atoms with Crippen LogP contribution in [0.2, 0.25) is 0 Å². The van der Waals surface area contributed by atoms with Crippen LogP contribution >= 0.6 is 0 Å². The fourth-order valence-corrected chi connectivity index (χ4v) is 5.42. The van der Waals surface area contributed by atoms with Gasteiger partial charge in [-0.2, -0.15) is 0 Å². The SMILES string of the molecule is CC=CCCC(=O)Oc1ccc(C23CCC(CCCCCC)(CC2)CC3)cc1. The first kappa shape index (κ1) is 21.1. The van der Waals surface area contributed by atoms with Crippen molar-refractivity contribution in [2.24, 2.45) is 5.41 Å². The van der Waals surface area contributed by atoms with Crippen molar-refractivity contribution in [3.8, 4) is 5.75 Å². The molecule has 0 N–H and O–H groups in total. The topological polar surface area (TPSA) is 26.3 Å². The van der Waals surface area contributed by atoms with E-state index in [4.69, 9.17) is 4.74 Å². The Bertz CT molecular complexity index is 631. The van der Waals surface area contributed by atoms with E-state index in [1.54, 1.807) is 0 Å². The van der Waals surface area contributed by atoms with Gasteiger partial charge in [0.05, 0.1) is 0 Å². The maximum Gasteiger partial charge on any atom is 0.311 e. The lowest BCUT2D eigenvalue weighted by atomic mass is 9.51. The molecular formula is C26H38O2. The van der Waals surface area contributed by atoms with Gasteiger partial charge in [-0.25, -0.2) is 0 Å². The van der Waals surface area contributed by atoms with Gasteiger partial charge in [0.25, 0.3) is 0 Å². The molecule has 2 nitrogen and oxygen atoms in total. The van der Waals surface area contributed by atoms with Gasteiger partial charge in [0.15, 0.2) is 0 Å². The van der Waals surface area contributed by atoms with E-state index < -0.39 is 0 Å². The van der Waals surface area contributed by atoms with Gasteiger partial charge >= 0.3 is 5.97 Å². The first-order valence-electron chi connectivity index (χ1n) is 11.5. The minimum atomic E-state index is -0.146. The van der Waals surface area contributed by atoms with Gasteiger partial charge < -0.3 is 4.74 Å². The standard InChI is InChI=1S/C26H38O2/c1-3-5-7-9-15-25-16-19-26(20-17-25,21-18-25)22-11-13-23(14-12-22)28-24(27)10-8-6-4-2/h4,6,11-14H,3,5,7-10,15-21H2,1-2H3. The van der Waals surface area contributed by atoms with Gasteiger partial charge in [0.2, 0.25) is 0 Å². The smallest absolute Gasteiger partial charge is 0.311 e. The van der Waals surface area contributed by atoms with Crippen LogP contribution in [0, 0.1) is 5.41 Å². The van der Waals surface area contributed by atoms with Crippen molar-refractivity contribution in [3.63, 3.8) is 0 Å². The van der Waals surface area contributed by atoms with E-state index in [9.17, 15) is 4.79 Å². The maximum absolute atomic E-state index is 11.9. The second kappa shape index (κ2) is 9.76. The van der Waals surface area contributed by atoms with Crippen molar-refractivity contribution in [1.29, 1.82) is 0 Å². The van der Waals surface area contributed by atoms with Gasteiger partial charge in [0.1, 0.15) is 5.75 Å². The average Bonchev–Trinajstić information content (AvgIpc) is 2.73. The summed E-state index contributed by atoms with van der Waals surface area (Å²) in [6.45, 7) is 4.26. The molecule has 1 aromatic carbocycles. The zero-order chi connectivity index (χ0) is 19.9. The number of unbranched alkanes of at least 4 members (excludes halogenated alkanes) is 3. The second-order valence-corrected chi connectivity index (χ2v) is 9.20. The fourth-order valence-electron chi connectivity index (χ4n) is 5.42. The van der Waals surface area contributed by atoms with Crippen molar-refractivity contribution in [1.82, 2.24) is 0 Å². The van der Waals surface area contributed by atoms with Crippen molar-refractivity contribution in [2.75, 3.05) is 0 Å². The summed E-state index contributed by atoms with van der Waals surface area (Å²) in [4.78, 5) is 11.9. The zero-order valence-corrected chi connectivity index (χ0v) is 18.0. The van der Waals surface area contributed by atoms with E-state index in [1.165, 1.54) is 76.2 Å². The van der Waals surface area contributed by atoms with E-state index in [1.807, 2.05) is 31.2 Å². The molecule has 1 aromatic rings. The third-order valence-corrected chi connectivity index (χ3v) is 7.41. The molecule has 28 heavy (non-hydrogen) atoms. The lowest BCUT2D eigenvalue weighted by molar-refractivity contribution is -0.134. The summed E-state index contributed by atoms with van der Waals surface area (Å²) in [5, 5.41) is 0. The second-order valence-electron chi connectivity index (χ2n) is 9.20. The van der Waals surface area contributed by atoms with E-state index in [2.05, 4.69) is 19.1 Å². The van der Waals surface area contributed by atoms with Crippen molar-refractivity contribution in [3.05, 3.63) is 42.0 Å². The lowest BCUT2D eigenvalue weighted by Gasteiger charge is -2.54. The summed E-state index contributed by atoms with van der Waals surface area (Å²) < 4.78 is 5.49. The molecule has 2 bridgehead atoms. The van der Waals surface area contributed by atoms with E-state index >= 15 is 0 Å². The number of esters is 1. The number of fused-ring (bicyclic) bond motifs is 3. The molecule has 0 atom stereocenters. The molecular weight excluding hydrogens is 344 g/mol. The molecule has 3 fully saturated rings. The number of carbonyl (C=O) groups is 1. The largest absolute Gasteiger partial charge is 0.427 e. The van der Waals surface area contributed by atoms with Crippen LogP contribution in [-0.4, -0.2) is 5.97 Å². The number of allylic oxidation sites excluding steroid dienone is 2. The fraction of sp³-hybridized carbons (Fsp3) is 0.654. The Morgan fingerprint density at radius 2 is 1.68 bits per heavy atom. The van der Waals surface area contributed by atoms with Gasteiger partial charge in [-0.15, -0.1) is 0 Å². The predicted octanol–water partition coefficient (Wildman–Crippen LogP) is 7.51. The Balaban J connectivity index is 1.53. The minimum absolute atomic E-state index is 0.146. The number of hydrogen-bond acceptors (Lipinski definition) is 2. The molecule has 2 heteroatoms. The number of hydrogen-bond donors (Lipinski definition) is 0. The Morgan fingerprint density at radius 1 is 1.00 bits per heavy atom. The highest BCUT2D eigenvalue weighted by Crippen LogP contribution is 2.59. The third kappa shape index (κ3) is 5.07. The Hall–Kier alpha value is -1.57. The Kier molecular flexibility index (Phi) is 7.37. The van der Waals surface area contributed by atoms with E-state index in [-0.39, 0.29) is 5.97 Å². The highest BCUT2D eigenvalue weighted by molar-refractivity contribution is 5.72. The first-order valence-corrected chi connectivity index (χ1v) is 11.5. The van der Waals surface area contributed by atoms with Gasteiger partial charge in [-0.1, -0.05) is 56.9 Å². The average molecular weight is 383 g/mol. The monoisotopic (exact) mass is 382 g/mol. The van der Waals surface area contributed by atoms with Crippen molar-refractivity contribution in [2.45, 2.75) is 103 Å². The van der Waals surface area contributed by atoms with Crippen LogP contribution in [0.1, 0.15) is 103 Å². The molecule has 4 rings (SSSR count). The van der Waals surface area contributed by atoms with Gasteiger partial charge in [0, 0.05) is 6.42 Å². The van der Waals surface area contributed by atoms with Crippen LogP contribution < -0.4 is 4.74 Å². The van der Waals surface area contributed by atoms with Crippen molar-refractivity contribution < 1.29 is 9.53 Å². The van der Waals surface area contributed by atoms with Gasteiger partial charge in [-0.3, -0.25) is 4.79 Å². The number of benzene rings is 1. The number of ether oxygens (including phenoxy) is 1. The Morgan fingerprint density at radius 3 is 2.29 bits per heavy atom. The van der Waals surface area contributed by atoms with Crippen LogP contribution in [0.4, 0.5) is 0 Å². The molecule has 0 unspecified atom stereocenters. The van der Waals surface area contributed by atoms with Crippen LogP contribution in [0.5, 0.6) is 5.75 Å². The van der Waals surface area contributed by atoms with E-state index in [0.29, 0.717) is 23.0 Å². The third-order valence-electron chi connectivity index (χ3n) is 7.41. The maximum atomic E-state index is 11.9. The van der Waals surface area contributed by atoms with Crippen LogP contribution in [0.3, 0.4) is 0 Å². The molecule has 0 aliphatic heterocycles. The molecule has 3 aliphatic carbocycles. The summed E-state index contributed by atoms with van der Waals surface area (Å²) in [7, 11) is 0. The summed E-state index contributed by atoms with van der Waals surface area (Å²) in [6, 6.07) is 8.43.